The van der Waals surface area contributed by atoms with Crippen molar-refractivity contribution in [2.75, 3.05) is 13.1 Å². The molecular formula is C16H20Cl3N3O2. The summed E-state index contributed by atoms with van der Waals surface area (Å²) in [5.74, 6) is 0.304. The zero-order valence-corrected chi connectivity index (χ0v) is 15.7. The van der Waals surface area contributed by atoms with E-state index in [1.54, 1.807) is 6.07 Å². The highest BCUT2D eigenvalue weighted by Gasteiger charge is 2.29. The predicted molar refractivity (Wildman–Crippen MR) is 99.4 cm³/mol. The molecule has 1 aliphatic heterocycles. The second-order valence-electron chi connectivity index (χ2n) is 5.69. The number of piperazine rings is 1. The van der Waals surface area contributed by atoms with E-state index in [0.29, 0.717) is 35.1 Å². The number of carbonyl (C=O) groups excluding carboxylic acids is 1. The minimum absolute atomic E-state index is 0. The van der Waals surface area contributed by atoms with Crippen LogP contribution in [0.1, 0.15) is 24.3 Å². The molecular weight excluding hydrogens is 373 g/mol. The van der Waals surface area contributed by atoms with Gasteiger partial charge in [0, 0.05) is 30.7 Å². The maximum atomic E-state index is 12.8. The molecule has 132 valence electrons. The Morgan fingerprint density at radius 1 is 1.25 bits per heavy atom. The van der Waals surface area contributed by atoms with E-state index < -0.39 is 0 Å². The van der Waals surface area contributed by atoms with E-state index in [0.717, 1.165) is 0 Å². The van der Waals surface area contributed by atoms with Gasteiger partial charge < -0.3 is 14.6 Å². The number of nitrogens with zero attached hydrogens (tertiary/aromatic N) is 2. The van der Waals surface area contributed by atoms with Gasteiger partial charge in [-0.1, -0.05) is 23.7 Å². The Labute approximate surface area is 158 Å². The number of halogens is 3. The first-order valence-corrected chi connectivity index (χ1v) is 7.67. The summed E-state index contributed by atoms with van der Waals surface area (Å²) in [6, 6.07) is 7.79. The highest BCUT2D eigenvalue weighted by molar-refractivity contribution is 6.33. The Bertz CT molecular complexity index is 683. The molecule has 1 fully saturated rings. The van der Waals surface area contributed by atoms with Crippen molar-refractivity contribution >= 4 is 42.3 Å². The van der Waals surface area contributed by atoms with Gasteiger partial charge in [-0.3, -0.25) is 4.79 Å². The van der Waals surface area contributed by atoms with Crippen molar-refractivity contribution in [2.24, 2.45) is 0 Å². The van der Waals surface area contributed by atoms with Crippen molar-refractivity contribution < 1.29 is 9.21 Å². The summed E-state index contributed by atoms with van der Waals surface area (Å²) in [7, 11) is 0. The standard InChI is InChI=1S/C16H18ClN3O2.2ClH/c1-10-7-20(8-11(2)19-10)16(21)14-15(22-9-18-14)12-5-3-4-6-13(12)17;;/h3-6,9-11,19H,7-8H2,1-2H3;2*1H. The van der Waals surface area contributed by atoms with Gasteiger partial charge in [0.1, 0.15) is 0 Å². The number of aromatic nitrogens is 1. The quantitative estimate of drug-likeness (QED) is 0.847. The van der Waals surface area contributed by atoms with E-state index >= 15 is 0 Å². The Balaban J connectivity index is 0.00000144. The number of hydrogen-bond donors (Lipinski definition) is 1. The predicted octanol–water partition coefficient (Wildman–Crippen LogP) is 3.66. The summed E-state index contributed by atoms with van der Waals surface area (Å²) < 4.78 is 5.44. The molecule has 0 radical (unpaired) electrons. The fourth-order valence-electron chi connectivity index (χ4n) is 2.88. The van der Waals surface area contributed by atoms with Gasteiger partial charge in [0.25, 0.3) is 5.91 Å². The van der Waals surface area contributed by atoms with Crippen LogP contribution in [0.15, 0.2) is 35.1 Å². The van der Waals surface area contributed by atoms with Gasteiger partial charge in [-0.05, 0) is 26.0 Å². The van der Waals surface area contributed by atoms with Gasteiger partial charge in [0.2, 0.25) is 0 Å². The number of nitrogens with one attached hydrogen (secondary N) is 1. The monoisotopic (exact) mass is 391 g/mol. The van der Waals surface area contributed by atoms with E-state index in [2.05, 4.69) is 24.1 Å². The van der Waals surface area contributed by atoms with Crippen molar-refractivity contribution in [1.82, 2.24) is 15.2 Å². The van der Waals surface area contributed by atoms with Crippen LogP contribution in [0.3, 0.4) is 0 Å². The average Bonchev–Trinajstić information content (AvgIpc) is 2.95. The zero-order valence-electron chi connectivity index (χ0n) is 13.4. The maximum Gasteiger partial charge on any atom is 0.276 e. The molecule has 24 heavy (non-hydrogen) atoms. The molecule has 2 heterocycles. The molecule has 0 saturated carbocycles. The van der Waals surface area contributed by atoms with Crippen LogP contribution in [0, 0.1) is 0 Å². The second-order valence-corrected chi connectivity index (χ2v) is 6.10. The smallest absolute Gasteiger partial charge is 0.276 e. The molecule has 2 atom stereocenters. The molecule has 0 spiro atoms. The average molecular weight is 393 g/mol. The van der Waals surface area contributed by atoms with Crippen molar-refractivity contribution in [3.63, 3.8) is 0 Å². The molecule has 1 amide bonds. The first-order chi connectivity index (χ1) is 10.6. The lowest BCUT2D eigenvalue weighted by molar-refractivity contribution is 0.0669. The molecule has 0 bridgehead atoms. The third kappa shape index (κ3) is 4.22. The molecule has 2 unspecified atom stereocenters. The van der Waals surface area contributed by atoms with Crippen molar-refractivity contribution in [2.45, 2.75) is 25.9 Å². The summed E-state index contributed by atoms with van der Waals surface area (Å²) in [4.78, 5) is 18.7. The van der Waals surface area contributed by atoms with E-state index in [1.165, 1.54) is 6.39 Å². The highest BCUT2D eigenvalue weighted by atomic mass is 35.5. The minimum Gasteiger partial charge on any atom is -0.443 e. The topological polar surface area (TPSA) is 58.4 Å². The fourth-order valence-corrected chi connectivity index (χ4v) is 3.10. The van der Waals surface area contributed by atoms with Gasteiger partial charge in [-0.25, -0.2) is 4.98 Å². The van der Waals surface area contributed by atoms with Crippen LogP contribution in [0.2, 0.25) is 5.02 Å². The van der Waals surface area contributed by atoms with Crippen LogP contribution in [0.5, 0.6) is 0 Å². The number of benzene rings is 1. The normalized spacial score (nSPS) is 20.0. The van der Waals surface area contributed by atoms with E-state index in [4.69, 9.17) is 16.0 Å². The SMILES string of the molecule is CC1CN(C(=O)c2ncoc2-c2ccccc2Cl)CC(C)N1.Cl.Cl. The molecule has 2 aromatic rings. The Hall–Kier alpha value is -1.27. The van der Waals surface area contributed by atoms with Gasteiger partial charge in [-0.15, -0.1) is 24.8 Å². The van der Waals surface area contributed by atoms with Crippen molar-refractivity contribution in [1.29, 1.82) is 0 Å². The second kappa shape index (κ2) is 8.72. The molecule has 1 N–H and O–H groups in total. The van der Waals surface area contributed by atoms with E-state index in [-0.39, 0.29) is 42.8 Å². The maximum absolute atomic E-state index is 12.8. The lowest BCUT2D eigenvalue weighted by Crippen LogP contribution is -2.55. The Morgan fingerprint density at radius 2 is 1.88 bits per heavy atom. The summed E-state index contributed by atoms with van der Waals surface area (Å²) >= 11 is 6.20. The number of oxazole rings is 1. The molecule has 3 rings (SSSR count). The lowest BCUT2D eigenvalue weighted by atomic mass is 10.1. The Morgan fingerprint density at radius 3 is 2.50 bits per heavy atom. The molecule has 1 saturated heterocycles. The third-order valence-electron chi connectivity index (χ3n) is 3.73. The molecule has 1 aliphatic rings. The van der Waals surface area contributed by atoms with Gasteiger partial charge >= 0.3 is 0 Å². The number of amides is 1. The largest absolute Gasteiger partial charge is 0.443 e. The molecule has 8 heteroatoms. The first-order valence-electron chi connectivity index (χ1n) is 7.30. The molecule has 5 nitrogen and oxygen atoms in total. The minimum atomic E-state index is -0.121. The Kier molecular flexibility index (Phi) is 7.55. The molecule has 1 aromatic heterocycles. The summed E-state index contributed by atoms with van der Waals surface area (Å²) in [5.41, 5.74) is 0.996. The first kappa shape index (κ1) is 20.8. The highest BCUT2D eigenvalue weighted by Crippen LogP contribution is 2.30. The van der Waals surface area contributed by atoms with E-state index in [1.807, 2.05) is 23.1 Å². The van der Waals surface area contributed by atoms with Crippen molar-refractivity contribution in [3.8, 4) is 11.3 Å². The van der Waals surface area contributed by atoms with Crippen molar-refractivity contribution in [3.05, 3.63) is 41.4 Å². The van der Waals surface area contributed by atoms with Crippen LogP contribution in [-0.4, -0.2) is 41.0 Å². The third-order valence-corrected chi connectivity index (χ3v) is 4.06. The summed E-state index contributed by atoms with van der Waals surface area (Å²) in [6.45, 7) is 5.43. The van der Waals surface area contributed by atoms with Crippen LogP contribution >= 0.6 is 36.4 Å². The van der Waals surface area contributed by atoms with Gasteiger partial charge in [0.05, 0.1) is 5.02 Å². The number of rotatable bonds is 2. The van der Waals surface area contributed by atoms with Crippen LogP contribution in [0.25, 0.3) is 11.3 Å². The fraction of sp³-hybridized carbons (Fsp3) is 0.375. The zero-order chi connectivity index (χ0) is 15.7. The molecule has 1 aromatic carbocycles. The van der Waals surface area contributed by atoms with Crippen LogP contribution in [0.4, 0.5) is 0 Å². The molecule has 0 aliphatic carbocycles. The van der Waals surface area contributed by atoms with Gasteiger partial charge in [0.15, 0.2) is 17.8 Å². The summed E-state index contributed by atoms with van der Waals surface area (Å²) in [5, 5.41) is 3.94. The lowest BCUT2D eigenvalue weighted by Gasteiger charge is -2.35. The summed E-state index contributed by atoms with van der Waals surface area (Å²) in [6.07, 6.45) is 1.29. The number of carbonyl (C=O) groups is 1. The van der Waals surface area contributed by atoms with Crippen LogP contribution in [-0.2, 0) is 0 Å². The number of hydrogen-bond acceptors (Lipinski definition) is 4. The van der Waals surface area contributed by atoms with Crippen LogP contribution < -0.4 is 5.32 Å². The van der Waals surface area contributed by atoms with Gasteiger partial charge in [-0.2, -0.15) is 0 Å². The van der Waals surface area contributed by atoms with E-state index in [9.17, 15) is 4.79 Å².